The van der Waals surface area contributed by atoms with Gasteiger partial charge in [-0.3, -0.25) is 15.1 Å². The third kappa shape index (κ3) is 4.42. The molecule has 1 aliphatic rings. The second kappa shape index (κ2) is 7.22. The molecular weight excluding hydrogens is 284 g/mol. The van der Waals surface area contributed by atoms with Crippen LogP contribution in [0.5, 0.6) is 0 Å². The molecule has 1 aliphatic heterocycles. The topological polar surface area (TPSA) is 88.8 Å². The van der Waals surface area contributed by atoms with Gasteiger partial charge in [-0.25, -0.2) is 0 Å². The van der Waals surface area contributed by atoms with Crippen LogP contribution in [-0.4, -0.2) is 36.7 Å². The zero-order valence-electron chi connectivity index (χ0n) is 13.0. The van der Waals surface area contributed by atoms with Crippen LogP contribution in [0.2, 0.25) is 0 Å². The van der Waals surface area contributed by atoms with Gasteiger partial charge in [0.2, 0.25) is 0 Å². The van der Waals surface area contributed by atoms with Crippen molar-refractivity contribution in [2.24, 2.45) is 4.99 Å². The summed E-state index contributed by atoms with van der Waals surface area (Å²) in [5, 5.41) is 17.1. The van der Waals surface area contributed by atoms with E-state index in [0.29, 0.717) is 19.0 Å². The number of rotatable bonds is 5. The molecule has 1 unspecified atom stereocenters. The van der Waals surface area contributed by atoms with Gasteiger partial charge in [-0.15, -0.1) is 0 Å². The molecule has 0 spiro atoms. The highest BCUT2D eigenvalue weighted by atomic mass is 16.6. The van der Waals surface area contributed by atoms with Crippen LogP contribution in [0.25, 0.3) is 0 Å². The Kier molecular flexibility index (Phi) is 5.32. The molecule has 1 atom stereocenters. The van der Waals surface area contributed by atoms with E-state index in [1.54, 1.807) is 19.2 Å². The Morgan fingerprint density at radius 3 is 2.68 bits per heavy atom. The Labute approximate surface area is 129 Å². The van der Waals surface area contributed by atoms with Crippen LogP contribution in [0.4, 0.5) is 5.69 Å². The molecular formula is C15H22N4O3. The predicted octanol–water partition coefficient (Wildman–Crippen LogP) is 1.83. The van der Waals surface area contributed by atoms with Crippen molar-refractivity contribution in [1.82, 2.24) is 10.6 Å². The van der Waals surface area contributed by atoms with Gasteiger partial charge in [0, 0.05) is 38.9 Å². The molecule has 1 aromatic carbocycles. The number of aliphatic imine (C=N–C) groups is 1. The molecule has 7 nitrogen and oxygen atoms in total. The van der Waals surface area contributed by atoms with Crippen LogP contribution in [0, 0.1) is 10.1 Å². The minimum Gasteiger partial charge on any atom is -0.373 e. The Morgan fingerprint density at radius 2 is 2.14 bits per heavy atom. The fraction of sp³-hybridized carbons (Fsp3) is 0.533. The van der Waals surface area contributed by atoms with E-state index < -0.39 is 4.92 Å². The summed E-state index contributed by atoms with van der Waals surface area (Å²) in [5.41, 5.74) is 0.916. The molecule has 0 aliphatic carbocycles. The van der Waals surface area contributed by atoms with Crippen molar-refractivity contribution in [2.75, 3.05) is 20.2 Å². The number of benzene rings is 1. The first kappa shape index (κ1) is 16.2. The SMILES string of the molecule is CN=C(NCc1ccc([N+](=O)[O-])cc1)NCC1(C)CCCO1. The Balaban J connectivity index is 1.82. The second-order valence-corrected chi connectivity index (χ2v) is 5.60. The highest BCUT2D eigenvalue weighted by Gasteiger charge is 2.29. The largest absolute Gasteiger partial charge is 0.373 e. The van der Waals surface area contributed by atoms with Gasteiger partial charge in [-0.1, -0.05) is 12.1 Å². The van der Waals surface area contributed by atoms with Crippen LogP contribution in [-0.2, 0) is 11.3 Å². The quantitative estimate of drug-likeness (QED) is 0.375. The van der Waals surface area contributed by atoms with Crippen molar-refractivity contribution in [1.29, 1.82) is 0 Å². The first-order valence-corrected chi connectivity index (χ1v) is 7.34. The summed E-state index contributed by atoms with van der Waals surface area (Å²) in [5.74, 6) is 0.690. The van der Waals surface area contributed by atoms with Crippen molar-refractivity contribution in [3.8, 4) is 0 Å². The fourth-order valence-corrected chi connectivity index (χ4v) is 2.39. The average Bonchev–Trinajstić information content (AvgIpc) is 2.95. The summed E-state index contributed by atoms with van der Waals surface area (Å²) in [4.78, 5) is 14.4. The third-order valence-corrected chi connectivity index (χ3v) is 3.76. The highest BCUT2D eigenvalue weighted by molar-refractivity contribution is 5.79. The maximum absolute atomic E-state index is 10.6. The minimum atomic E-state index is -0.403. The Morgan fingerprint density at radius 1 is 1.41 bits per heavy atom. The smallest absolute Gasteiger partial charge is 0.269 e. The number of nitro groups is 1. The Bertz CT molecular complexity index is 536. The normalized spacial score (nSPS) is 21.6. The minimum absolute atomic E-state index is 0.0950. The lowest BCUT2D eigenvalue weighted by Crippen LogP contribution is -2.45. The third-order valence-electron chi connectivity index (χ3n) is 3.76. The van der Waals surface area contributed by atoms with Crippen molar-refractivity contribution in [3.05, 3.63) is 39.9 Å². The Hall–Kier alpha value is -2.15. The molecule has 2 N–H and O–H groups in total. The molecule has 2 rings (SSSR count). The summed E-state index contributed by atoms with van der Waals surface area (Å²) in [6, 6.07) is 6.47. The standard InChI is InChI=1S/C15H22N4O3/c1-15(8-3-9-22-15)11-18-14(16-2)17-10-12-4-6-13(7-5-12)19(20)21/h4-7H,3,8-11H2,1-2H3,(H2,16,17,18). The second-order valence-electron chi connectivity index (χ2n) is 5.60. The molecule has 1 heterocycles. The summed E-state index contributed by atoms with van der Waals surface area (Å²) in [6.07, 6.45) is 2.13. The summed E-state index contributed by atoms with van der Waals surface area (Å²) >= 11 is 0. The van der Waals surface area contributed by atoms with E-state index in [-0.39, 0.29) is 11.3 Å². The van der Waals surface area contributed by atoms with E-state index in [1.165, 1.54) is 12.1 Å². The summed E-state index contributed by atoms with van der Waals surface area (Å²) in [7, 11) is 1.71. The first-order valence-electron chi connectivity index (χ1n) is 7.34. The highest BCUT2D eigenvalue weighted by Crippen LogP contribution is 2.23. The lowest BCUT2D eigenvalue weighted by atomic mass is 10.0. The van der Waals surface area contributed by atoms with Crippen molar-refractivity contribution in [3.63, 3.8) is 0 Å². The number of non-ortho nitro benzene ring substituents is 1. The van der Waals surface area contributed by atoms with Gasteiger partial charge in [-0.2, -0.15) is 0 Å². The summed E-state index contributed by atoms with van der Waals surface area (Å²) in [6.45, 7) is 4.16. The summed E-state index contributed by atoms with van der Waals surface area (Å²) < 4.78 is 5.72. The van der Waals surface area contributed by atoms with Crippen LogP contribution in [0.15, 0.2) is 29.3 Å². The molecule has 120 valence electrons. The fourth-order valence-electron chi connectivity index (χ4n) is 2.39. The van der Waals surface area contributed by atoms with Crippen LogP contribution in [0.1, 0.15) is 25.3 Å². The molecule has 22 heavy (non-hydrogen) atoms. The van der Waals surface area contributed by atoms with Gasteiger partial charge in [-0.05, 0) is 25.3 Å². The first-order chi connectivity index (χ1) is 10.5. The van der Waals surface area contributed by atoms with Gasteiger partial charge in [0.05, 0.1) is 10.5 Å². The number of nitrogens with zero attached hydrogens (tertiary/aromatic N) is 2. The number of nitro benzene ring substituents is 1. The molecule has 0 saturated carbocycles. The van der Waals surface area contributed by atoms with E-state index in [2.05, 4.69) is 22.5 Å². The zero-order valence-corrected chi connectivity index (χ0v) is 13.0. The number of hydrogen-bond acceptors (Lipinski definition) is 4. The lowest BCUT2D eigenvalue weighted by molar-refractivity contribution is -0.384. The van der Waals surface area contributed by atoms with Crippen molar-refractivity contribution < 1.29 is 9.66 Å². The molecule has 7 heteroatoms. The van der Waals surface area contributed by atoms with Gasteiger partial charge in [0.1, 0.15) is 0 Å². The van der Waals surface area contributed by atoms with E-state index >= 15 is 0 Å². The van der Waals surface area contributed by atoms with Gasteiger partial charge in [0.15, 0.2) is 5.96 Å². The van der Waals surface area contributed by atoms with Crippen LogP contribution < -0.4 is 10.6 Å². The number of guanidine groups is 1. The number of hydrogen-bond donors (Lipinski definition) is 2. The van der Waals surface area contributed by atoms with E-state index in [0.717, 1.165) is 25.0 Å². The monoisotopic (exact) mass is 306 g/mol. The van der Waals surface area contributed by atoms with Gasteiger partial charge >= 0.3 is 0 Å². The molecule has 0 amide bonds. The zero-order chi connectivity index (χ0) is 16.0. The van der Waals surface area contributed by atoms with E-state index in [1.807, 2.05) is 0 Å². The molecule has 0 aromatic heterocycles. The molecule has 0 radical (unpaired) electrons. The van der Waals surface area contributed by atoms with Gasteiger partial charge in [0.25, 0.3) is 5.69 Å². The lowest BCUT2D eigenvalue weighted by Gasteiger charge is -2.24. The van der Waals surface area contributed by atoms with Crippen LogP contribution >= 0.6 is 0 Å². The number of nitrogens with one attached hydrogen (secondary N) is 2. The average molecular weight is 306 g/mol. The van der Waals surface area contributed by atoms with Crippen molar-refractivity contribution in [2.45, 2.75) is 31.9 Å². The van der Waals surface area contributed by atoms with E-state index in [9.17, 15) is 10.1 Å². The van der Waals surface area contributed by atoms with E-state index in [4.69, 9.17) is 4.74 Å². The maximum Gasteiger partial charge on any atom is 0.269 e. The van der Waals surface area contributed by atoms with Gasteiger partial charge < -0.3 is 15.4 Å². The number of ether oxygens (including phenoxy) is 1. The molecule has 0 bridgehead atoms. The van der Waals surface area contributed by atoms with Crippen molar-refractivity contribution >= 4 is 11.6 Å². The predicted molar refractivity (Wildman–Crippen MR) is 84.9 cm³/mol. The maximum atomic E-state index is 10.6. The molecule has 1 fully saturated rings. The van der Waals surface area contributed by atoms with Crippen LogP contribution in [0.3, 0.4) is 0 Å². The molecule has 1 aromatic rings. The molecule has 1 saturated heterocycles.